The van der Waals surface area contributed by atoms with E-state index >= 15 is 0 Å². The Balaban J connectivity index is 1.82. The molecule has 1 heterocycles. The highest BCUT2D eigenvalue weighted by Gasteiger charge is 2.23. The average molecular weight is 291 g/mol. The van der Waals surface area contributed by atoms with E-state index in [1.54, 1.807) is 4.90 Å². The second-order valence-corrected chi connectivity index (χ2v) is 5.55. The van der Waals surface area contributed by atoms with Crippen molar-refractivity contribution in [1.29, 1.82) is 0 Å². The van der Waals surface area contributed by atoms with Gasteiger partial charge < -0.3 is 19.9 Å². The van der Waals surface area contributed by atoms with Crippen molar-refractivity contribution in [2.45, 2.75) is 25.8 Å². The zero-order chi connectivity index (χ0) is 15.2. The van der Waals surface area contributed by atoms with E-state index in [9.17, 15) is 4.79 Å². The molecule has 0 saturated carbocycles. The van der Waals surface area contributed by atoms with E-state index < -0.39 is 0 Å². The van der Waals surface area contributed by atoms with E-state index in [0.29, 0.717) is 12.6 Å². The summed E-state index contributed by atoms with van der Waals surface area (Å²) in [5.41, 5.74) is 2.33. The summed E-state index contributed by atoms with van der Waals surface area (Å²) >= 11 is 0. The molecule has 1 aliphatic rings. The van der Waals surface area contributed by atoms with Crippen LogP contribution in [-0.2, 0) is 4.74 Å². The molecule has 1 fully saturated rings. The smallest absolute Gasteiger partial charge is 0.409 e. The van der Waals surface area contributed by atoms with Crippen molar-refractivity contribution in [2.75, 3.05) is 44.0 Å². The van der Waals surface area contributed by atoms with Gasteiger partial charge in [0.05, 0.1) is 6.61 Å². The SMILES string of the molecule is CCOC(=O)N1CCC(Nc2ccc(N(C)C)cc2)CC1. The minimum Gasteiger partial charge on any atom is -0.450 e. The fourth-order valence-electron chi connectivity index (χ4n) is 2.51. The van der Waals surface area contributed by atoms with Crippen molar-refractivity contribution < 1.29 is 9.53 Å². The Bertz CT molecular complexity index is 451. The molecular formula is C16H25N3O2. The van der Waals surface area contributed by atoms with Gasteiger partial charge in [0.1, 0.15) is 0 Å². The molecule has 2 rings (SSSR count). The quantitative estimate of drug-likeness (QED) is 0.926. The van der Waals surface area contributed by atoms with E-state index in [1.165, 1.54) is 5.69 Å². The molecule has 0 radical (unpaired) electrons. The largest absolute Gasteiger partial charge is 0.450 e. The molecule has 5 nitrogen and oxygen atoms in total. The molecule has 0 unspecified atom stereocenters. The van der Waals surface area contributed by atoms with E-state index in [4.69, 9.17) is 4.74 Å². The van der Waals surface area contributed by atoms with Crippen molar-refractivity contribution in [2.24, 2.45) is 0 Å². The summed E-state index contributed by atoms with van der Waals surface area (Å²) in [5.74, 6) is 0. The number of piperidine rings is 1. The van der Waals surface area contributed by atoms with Gasteiger partial charge in [-0.25, -0.2) is 4.79 Å². The first-order chi connectivity index (χ1) is 10.1. The van der Waals surface area contributed by atoms with Crippen LogP contribution < -0.4 is 10.2 Å². The third-order valence-corrected chi connectivity index (χ3v) is 3.78. The van der Waals surface area contributed by atoms with Crippen molar-refractivity contribution in [3.05, 3.63) is 24.3 Å². The molecule has 1 aliphatic heterocycles. The van der Waals surface area contributed by atoms with Crippen LogP contribution in [0.15, 0.2) is 24.3 Å². The number of nitrogens with one attached hydrogen (secondary N) is 1. The monoisotopic (exact) mass is 291 g/mol. The van der Waals surface area contributed by atoms with Crippen LogP contribution in [0.5, 0.6) is 0 Å². The fourth-order valence-corrected chi connectivity index (χ4v) is 2.51. The number of rotatable bonds is 4. The second-order valence-electron chi connectivity index (χ2n) is 5.55. The van der Waals surface area contributed by atoms with E-state index in [-0.39, 0.29) is 6.09 Å². The first-order valence-electron chi connectivity index (χ1n) is 7.55. The number of anilines is 2. The molecule has 5 heteroatoms. The van der Waals surface area contributed by atoms with Crippen LogP contribution in [0.2, 0.25) is 0 Å². The molecule has 0 aliphatic carbocycles. The molecule has 1 aromatic rings. The summed E-state index contributed by atoms with van der Waals surface area (Å²) in [4.78, 5) is 15.5. The standard InChI is InChI=1S/C16H25N3O2/c1-4-21-16(20)19-11-9-14(10-12-19)17-13-5-7-15(8-6-13)18(2)3/h5-8,14,17H,4,9-12H2,1-3H3. The average Bonchev–Trinajstić information content (AvgIpc) is 2.49. The lowest BCUT2D eigenvalue weighted by molar-refractivity contribution is 0.0983. The number of carbonyl (C=O) groups excluding carboxylic acids is 1. The lowest BCUT2D eigenvalue weighted by Crippen LogP contribution is -2.42. The summed E-state index contributed by atoms with van der Waals surface area (Å²) in [7, 11) is 4.07. The van der Waals surface area contributed by atoms with Crippen molar-refractivity contribution >= 4 is 17.5 Å². The third kappa shape index (κ3) is 4.28. The van der Waals surface area contributed by atoms with Crippen LogP contribution in [-0.4, -0.2) is 50.8 Å². The Morgan fingerprint density at radius 3 is 2.43 bits per heavy atom. The molecule has 0 bridgehead atoms. The van der Waals surface area contributed by atoms with Crippen LogP contribution in [0.25, 0.3) is 0 Å². The molecule has 0 atom stereocenters. The van der Waals surface area contributed by atoms with Crippen LogP contribution >= 0.6 is 0 Å². The molecule has 0 aromatic heterocycles. The molecule has 1 saturated heterocycles. The molecule has 0 spiro atoms. The predicted octanol–water partition coefficient (Wildman–Crippen LogP) is 2.79. The van der Waals surface area contributed by atoms with Gasteiger partial charge in [-0.2, -0.15) is 0 Å². The molecule has 1 amide bonds. The summed E-state index contributed by atoms with van der Waals surface area (Å²) in [6, 6.07) is 8.84. The Hall–Kier alpha value is -1.91. The van der Waals surface area contributed by atoms with E-state index in [0.717, 1.165) is 31.6 Å². The second kappa shape index (κ2) is 7.20. The van der Waals surface area contributed by atoms with Gasteiger partial charge in [-0.05, 0) is 44.0 Å². The normalized spacial score (nSPS) is 15.7. The zero-order valence-corrected chi connectivity index (χ0v) is 13.1. The van der Waals surface area contributed by atoms with Gasteiger partial charge in [0.25, 0.3) is 0 Å². The molecule has 21 heavy (non-hydrogen) atoms. The van der Waals surface area contributed by atoms with Crippen molar-refractivity contribution in [3.63, 3.8) is 0 Å². The fraction of sp³-hybridized carbons (Fsp3) is 0.562. The number of hydrogen-bond acceptors (Lipinski definition) is 4. The zero-order valence-electron chi connectivity index (χ0n) is 13.1. The summed E-state index contributed by atoms with van der Waals surface area (Å²) < 4.78 is 5.03. The maximum Gasteiger partial charge on any atom is 0.409 e. The maximum absolute atomic E-state index is 11.6. The number of benzene rings is 1. The third-order valence-electron chi connectivity index (χ3n) is 3.78. The van der Waals surface area contributed by atoms with Gasteiger partial charge >= 0.3 is 6.09 Å². The first kappa shape index (κ1) is 15.5. The number of hydrogen-bond donors (Lipinski definition) is 1. The van der Waals surface area contributed by atoms with Gasteiger partial charge in [-0.3, -0.25) is 0 Å². The molecule has 1 N–H and O–H groups in total. The summed E-state index contributed by atoms with van der Waals surface area (Å²) in [5, 5.41) is 3.54. The van der Waals surface area contributed by atoms with Gasteiger partial charge in [-0.1, -0.05) is 0 Å². The summed E-state index contributed by atoms with van der Waals surface area (Å²) in [6.45, 7) is 3.79. The number of ether oxygens (including phenoxy) is 1. The molecular weight excluding hydrogens is 266 g/mol. The minimum absolute atomic E-state index is 0.189. The lowest BCUT2D eigenvalue weighted by atomic mass is 10.0. The van der Waals surface area contributed by atoms with Crippen LogP contribution in [0.4, 0.5) is 16.2 Å². The van der Waals surface area contributed by atoms with Crippen LogP contribution in [0.3, 0.4) is 0 Å². The van der Waals surface area contributed by atoms with Crippen molar-refractivity contribution in [3.8, 4) is 0 Å². The van der Waals surface area contributed by atoms with Crippen LogP contribution in [0, 0.1) is 0 Å². The highest BCUT2D eigenvalue weighted by atomic mass is 16.6. The predicted molar refractivity (Wildman–Crippen MR) is 86.0 cm³/mol. The van der Waals surface area contributed by atoms with Crippen LogP contribution in [0.1, 0.15) is 19.8 Å². The van der Waals surface area contributed by atoms with E-state index in [2.05, 4.69) is 34.5 Å². The Morgan fingerprint density at radius 1 is 1.29 bits per heavy atom. The highest BCUT2D eigenvalue weighted by Crippen LogP contribution is 2.20. The highest BCUT2D eigenvalue weighted by molar-refractivity contribution is 5.67. The number of nitrogens with zero attached hydrogens (tertiary/aromatic N) is 2. The van der Waals surface area contributed by atoms with Crippen molar-refractivity contribution in [1.82, 2.24) is 4.90 Å². The summed E-state index contributed by atoms with van der Waals surface area (Å²) in [6.07, 6.45) is 1.72. The Labute approximate surface area is 126 Å². The molecule has 116 valence electrons. The Kier molecular flexibility index (Phi) is 5.31. The van der Waals surface area contributed by atoms with Gasteiger partial charge in [-0.15, -0.1) is 0 Å². The topological polar surface area (TPSA) is 44.8 Å². The minimum atomic E-state index is -0.189. The van der Waals surface area contributed by atoms with E-state index in [1.807, 2.05) is 21.0 Å². The first-order valence-corrected chi connectivity index (χ1v) is 7.55. The van der Waals surface area contributed by atoms with Gasteiger partial charge in [0, 0.05) is 44.6 Å². The lowest BCUT2D eigenvalue weighted by Gasteiger charge is -2.32. The van der Waals surface area contributed by atoms with Gasteiger partial charge in [0.15, 0.2) is 0 Å². The number of amides is 1. The molecule has 1 aromatic carbocycles. The number of likely N-dealkylation sites (tertiary alicyclic amines) is 1. The number of carbonyl (C=O) groups is 1. The maximum atomic E-state index is 11.6. The van der Waals surface area contributed by atoms with Gasteiger partial charge in [0.2, 0.25) is 0 Å². The Morgan fingerprint density at radius 2 is 1.90 bits per heavy atom.